The summed E-state index contributed by atoms with van der Waals surface area (Å²) in [6.45, 7) is 4.66. The number of ether oxygens (including phenoxy) is 1. The summed E-state index contributed by atoms with van der Waals surface area (Å²) in [5, 5.41) is 8.22. The Bertz CT molecular complexity index is 883. The molecule has 0 atom stereocenters. The minimum absolute atomic E-state index is 0.120. The van der Waals surface area contributed by atoms with E-state index in [1.54, 1.807) is 25.4 Å². The van der Waals surface area contributed by atoms with E-state index in [0.717, 1.165) is 22.2 Å². The fourth-order valence-electron chi connectivity index (χ4n) is 2.55. The maximum Gasteiger partial charge on any atom is 0.251 e. The van der Waals surface area contributed by atoms with Gasteiger partial charge in [0.1, 0.15) is 5.75 Å². The van der Waals surface area contributed by atoms with Crippen molar-refractivity contribution in [2.24, 2.45) is 0 Å². The third-order valence-electron chi connectivity index (χ3n) is 3.78. The number of rotatable bonds is 6. The van der Waals surface area contributed by atoms with Gasteiger partial charge in [0, 0.05) is 17.5 Å². The predicted molar refractivity (Wildman–Crippen MR) is 94.4 cm³/mol. The highest BCUT2D eigenvalue weighted by molar-refractivity contribution is 5.97. The molecule has 0 bridgehead atoms. The molecule has 5 nitrogen and oxygen atoms in total. The minimum atomic E-state index is -0.120. The second-order valence-electron chi connectivity index (χ2n) is 5.43. The van der Waals surface area contributed by atoms with E-state index in [9.17, 15) is 4.79 Å². The number of amides is 1. The highest BCUT2D eigenvalue weighted by Crippen LogP contribution is 2.19. The Hall–Kier alpha value is -3.08. The summed E-state index contributed by atoms with van der Waals surface area (Å²) in [4.78, 5) is 12.1. The SMILES string of the molecule is C=CCNC(=O)c1ccc2cnn(Cc3cccc(OC)c3)c2c1. The van der Waals surface area contributed by atoms with E-state index >= 15 is 0 Å². The van der Waals surface area contributed by atoms with Gasteiger partial charge in [0.25, 0.3) is 5.91 Å². The van der Waals surface area contributed by atoms with Crippen LogP contribution in [0, 0.1) is 0 Å². The molecular weight excluding hydrogens is 302 g/mol. The summed E-state index contributed by atoms with van der Waals surface area (Å²) < 4.78 is 7.14. The number of nitrogens with zero attached hydrogens (tertiary/aromatic N) is 2. The van der Waals surface area contributed by atoms with Gasteiger partial charge >= 0.3 is 0 Å². The lowest BCUT2D eigenvalue weighted by atomic mass is 10.1. The molecule has 122 valence electrons. The number of hydrogen-bond donors (Lipinski definition) is 1. The molecule has 1 N–H and O–H groups in total. The lowest BCUT2D eigenvalue weighted by Gasteiger charge is -2.07. The highest BCUT2D eigenvalue weighted by atomic mass is 16.5. The van der Waals surface area contributed by atoms with Gasteiger partial charge in [-0.3, -0.25) is 9.48 Å². The van der Waals surface area contributed by atoms with E-state index in [2.05, 4.69) is 17.0 Å². The molecule has 0 saturated carbocycles. The van der Waals surface area contributed by atoms with Crippen molar-refractivity contribution < 1.29 is 9.53 Å². The van der Waals surface area contributed by atoms with E-state index in [0.29, 0.717) is 18.7 Å². The number of hydrogen-bond acceptors (Lipinski definition) is 3. The van der Waals surface area contributed by atoms with Gasteiger partial charge < -0.3 is 10.1 Å². The number of aromatic nitrogens is 2. The molecule has 24 heavy (non-hydrogen) atoms. The molecular formula is C19H19N3O2. The van der Waals surface area contributed by atoms with Crippen molar-refractivity contribution in [2.75, 3.05) is 13.7 Å². The molecule has 0 saturated heterocycles. The first kappa shape index (κ1) is 15.8. The molecule has 0 aliphatic heterocycles. The Balaban J connectivity index is 1.90. The second kappa shape index (κ2) is 7.00. The quantitative estimate of drug-likeness (QED) is 0.710. The van der Waals surface area contributed by atoms with Crippen molar-refractivity contribution in [3.63, 3.8) is 0 Å². The topological polar surface area (TPSA) is 56.2 Å². The average Bonchev–Trinajstić information content (AvgIpc) is 3.02. The Kier molecular flexibility index (Phi) is 4.61. The van der Waals surface area contributed by atoms with Gasteiger partial charge in [0.05, 0.1) is 25.4 Å². The van der Waals surface area contributed by atoms with Crippen LogP contribution in [0.25, 0.3) is 10.9 Å². The van der Waals surface area contributed by atoms with Gasteiger partial charge in [-0.25, -0.2) is 0 Å². The first-order chi connectivity index (χ1) is 11.7. The average molecular weight is 321 g/mol. The number of nitrogens with one attached hydrogen (secondary N) is 1. The zero-order valence-electron chi connectivity index (χ0n) is 13.5. The van der Waals surface area contributed by atoms with Crippen LogP contribution in [0.5, 0.6) is 5.75 Å². The summed E-state index contributed by atoms with van der Waals surface area (Å²) >= 11 is 0. The van der Waals surface area contributed by atoms with E-state index < -0.39 is 0 Å². The molecule has 0 fully saturated rings. The van der Waals surface area contributed by atoms with Crippen molar-refractivity contribution in [3.8, 4) is 5.75 Å². The van der Waals surface area contributed by atoms with Gasteiger partial charge in [-0.15, -0.1) is 6.58 Å². The zero-order chi connectivity index (χ0) is 16.9. The van der Waals surface area contributed by atoms with Gasteiger partial charge in [-0.1, -0.05) is 24.3 Å². The molecule has 5 heteroatoms. The maximum absolute atomic E-state index is 12.1. The Labute approximate surface area is 140 Å². The lowest BCUT2D eigenvalue weighted by molar-refractivity contribution is 0.0958. The van der Waals surface area contributed by atoms with Crippen molar-refractivity contribution >= 4 is 16.8 Å². The van der Waals surface area contributed by atoms with Crippen molar-refractivity contribution in [2.45, 2.75) is 6.54 Å². The van der Waals surface area contributed by atoms with Crippen LogP contribution < -0.4 is 10.1 Å². The summed E-state index contributed by atoms with van der Waals surface area (Å²) in [5.41, 5.74) is 2.61. The van der Waals surface area contributed by atoms with Crippen molar-refractivity contribution in [1.82, 2.24) is 15.1 Å². The molecule has 0 spiro atoms. The van der Waals surface area contributed by atoms with Crippen LogP contribution >= 0.6 is 0 Å². The molecule has 0 unspecified atom stereocenters. The van der Waals surface area contributed by atoms with Crippen LogP contribution in [0.2, 0.25) is 0 Å². The summed E-state index contributed by atoms with van der Waals surface area (Å²) in [6.07, 6.45) is 3.46. The third kappa shape index (κ3) is 3.30. The Morgan fingerprint density at radius 2 is 2.21 bits per heavy atom. The predicted octanol–water partition coefficient (Wildman–Crippen LogP) is 3.01. The fourth-order valence-corrected chi connectivity index (χ4v) is 2.55. The highest BCUT2D eigenvalue weighted by Gasteiger charge is 2.09. The lowest BCUT2D eigenvalue weighted by Crippen LogP contribution is -2.23. The van der Waals surface area contributed by atoms with Crippen LogP contribution in [0.4, 0.5) is 0 Å². The van der Waals surface area contributed by atoms with E-state index in [-0.39, 0.29) is 5.91 Å². The first-order valence-corrected chi connectivity index (χ1v) is 7.69. The standard InChI is InChI=1S/C19H19N3O2/c1-3-9-20-19(23)15-7-8-16-12-21-22(18(16)11-15)13-14-5-4-6-17(10-14)24-2/h3-8,10-12H,1,9,13H2,2H3,(H,20,23). The van der Waals surface area contributed by atoms with Gasteiger partial charge in [-0.05, 0) is 29.8 Å². The van der Waals surface area contributed by atoms with Gasteiger partial charge in [0.15, 0.2) is 0 Å². The molecule has 0 radical (unpaired) electrons. The van der Waals surface area contributed by atoms with E-state index in [1.165, 1.54) is 0 Å². The summed E-state index contributed by atoms with van der Waals surface area (Å²) in [6, 6.07) is 13.4. The number of benzene rings is 2. The van der Waals surface area contributed by atoms with E-state index in [1.807, 2.05) is 41.1 Å². The molecule has 3 rings (SSSR count). The number of methoxy groups -OCH3 is 1. The van der Waals surface area contributed by atoms with Gasteiger partial charge in [-0.2, -0.15) is 5.10 Å². The molecule has 2 aromatic carbocycles. The maximum atomic E-state index is 12.1. The molecule has 0 aliphatic carbocycles. The van der Waals surface area contributed by atoms with Crippen LogP contribution in [-0.4, -0.2) is 29.3 Å². The third-order valence-corrected chi connectivity index (χ3v) is 3.78. The monoisotopic (exact) mass is 321 g/mol. The summed E-state index contributed by atoms with van der Waals surface area (Å²) in [7, 11) is 1.65. The summed E-state index contributed by atoms with van der Waals surface area (Å²) in [5.74, 6) is 0.694. The van der Waals surface area contributed by atoms with Crippen LogP contribution in [0.15, 0.2) is 61.3 Å². The molecule has 0 aliphatic rings. The minimum Gasteiger partial charge on any atom is -0.497 e. The molecule has 3 aromatic rings. The number of fused-ring (bicyclic) bond motifs is 1. The molecule has 1 heterocycles. The van der Waals surface area contributed by atoms with Crippen molar-refractivity contribution in [3.05, 3.63) is 72.4 Å². The zero-order valence-corrected chi connectivity index (χ0v) is 13.5. The van der Waals surface area contributed by atoms with E-state index in [4.69, 9.17) is 4.74 Å². The second-order valence-corrected chi connectivity index (χ2v) is 5.43. The largest absolute Gasteiger partial charge is 0.497 e. The molecule has 1 amide bonds. The Morgan fingerprint density at radius 1 is 1.33 bits per heavy atom. The smallest absolute Gasteiger partial charge is 0.251 e. The molecule has 1 aromatic heterocycles. The van der Waals surface area contributed by atoms with Crippen LogP contribution in [0.1, 0.15) is 15.9 Å². The van der Waals surface area contributed by atoms with Crippen molar-refractivity contribution in [1.29, 1.82) is 0 Å². The number of carbonyl (C=O) groups is 1. The Morgan fingerprint density at radius 3 is 3.00 bits per heavy atom. The van der Waals surface area contributed by atoms with Gasteiger partial charge in [0.2, 0.25) is 0 Å². The van der Waals surface area contributed by atoms with Crippen LogP contribution in [-0.2, 0) is 6.54 Å². The van der Waals surface area contributed by atoms with Crippen LogP contribution in [0.3, 0.4) is 0 Å². The normalized spacial score (nSPS) is 10.5. The first-order valence-electron chi connectivity index (χ1n) is 7.69. The number of carbonyl (C=O) groups excluding carboxylic acids is 1. The fraction of sp³-hybridized carbons (Fsp3) is 0.158.